The highest BCUT2D eigenvalue weighted by molar-refractivity contribution is 6.34. The first-order valence-electron chi connectivity index (χ1n) is 4.99. The summed E-state index contributed by atoms with van der Waals surface area (Å²) in [6, 6.07) is 5.56. The summed E-state index contributed by atoms with van der Waals surface area (Å²) in [6.07, 6.45) is 0.675. The lowest BCUT2D eigenvalue weighted by atomic mass is 10.2. The van der Waals surface area contributed by atoms with Crippen molar-refractivity contribution in [3.8, 4) is 0 Å². The summed E-state index contributed by atoms with van der Waals surface area (Å²) in [5, 5.41) is 10.7. The van der Waals surface area contributed by atoms with E-state index in [2.05, 4.69) is 4.90 Å². The molecule has 0 aliphatic carbocycles. The van der Waals surface area contributed by atoms with E-state index in [1.54, 1.807) is 6.07 Å². The molecule has 1 aromatic carbocycles. The molecule has 0 saturated carbocycles. The number of β-amino-alcohol motifs (C(OH)–C–C–N with tert-alkyl or cyclic N) is 1. The molecule has 1 saturated heterocycles. The van der Waals surface area contributed by atoms with E-state index >= 15 is 0 Å². The Balaban J connectivity index is 2.04. The van der Waals surface area contributed by atoms with E-state index in [1.165, 1.54) is 0 Å². The second-order valence-electron chi connectivity index (χ2n) is 3.96. The van der Waals surface area contributed by atoms with Gasteiger partial charge in [-0.2, -0.15) is 0 Å². The minimum absolute atomic E-state index is 0.181. The minimum atomic E-state index is -0.181. The topological polar surface area (TPSA) is 23.5 Å². The van der Waals surface area contributed by atoms with Crippen LogP contribution in [0.3, 0.4) is 0 Å². The molecule has 1 aliphatic heterocycles. The Morgan fingerprint density at radius 2 is 1.93 bits per heavy atom. The van der Waals surface area contributed by atoms with Crippen LogP contribution in [-0.2, 0) is 6.54 Å². The van der Waals surface area contributed by atoms with Crippen LogP contribution in [0.2, 0.25) is 10.0 Å². The third-order valence-corrected chi connectivity index (χ3v) is 3.01. The van der Waals surface area contributed by atoms with E-state index in [0.29, 0.717) is 10.0 Å². The fraction of sp³-hybridized carbons (Fsp3) is 0.455. The van der Waals surface area contributed by atoms with Gasteiger partial charge in [0.25, 0.3) is 0 Å². The summed E-state index contributed by atoms with van der Waals surface area (Å²) in [6.45, 7) is 2.48. The molecule has 1 aromatic rings. The number of hydrogen-bond donors (Lipinski definition) is 1. The molecule has 82 valence electrons. The van der Waals surface area contributed by atoms with Gasteiger partial charge in [-0.15, -0.1) is 0 Å². The zero-order valence-corrected chi connectivity index (χ0v) is 9.80. The van der Waals surface area contributed by atoms with Crippen LogP contribution >= 0.6 is 23.2 Å². The number of nitrogens with zero attached hydrogens (tertiary/aromatic N) is 1. The molecule has 0 bridgehead atoms. The molecule has 15 heavy (non-hydrogen) atoms. The smallest absolute Gasteiger partial charge is 0.0679 e. The van der Waals surface area contributed by atoms with Gasteiger partial charge in [-0.25, -0.2) is 0 Å². The molecule has 1 fully saturated rings. The summed E-state index contributed by atoms with van der Waals surface area (Å²) in [5.74, 6) is 0. The van der Waals surface area contributed by atoms with Gasteiger partial charge in [0.1, 0.15) is 0 Å². The van der Waals surface area contributed by atoms with Gasteiger partial charge < -0.3 is 5.11 Å². The Morgan fingerprint density at radius 3 is 2.47 bits per heavy atom. The third-order valence-electron chi connectivity index (χ3n) is 2.58. The molecule has 4 heteroatoms. The second kappa shape index (κ2) is 4.71. The standard InChI is InChI=1S/C11H13Cl2NO/c12-9-3-8(4-10(13)5-9)6-14-2-1-11(15)7-14/h3-5,11,15H,1-2,6-7H2. The molecule has 1 heterocycles. The highest BCUT2D eigenvalue weighted by atomic mass is 35.5. The van der Waals surface area contributed by atoms with Gasteiger partial charge in [0.15, 0.2) is 0 Å². The molecule has 0 radical (unpaired) electrons. The first-order valence-corrected chi connectivity index (χ1v) is 5.74. The normalized spacial score (nSPS) is 22.2. The minimum Gasteiger partial charge on any atom is -0.392 e. The number of benzene rings is 1. The van der Waals surface area contributed by atoms with Gasteiger partial charge in [0, 0.05) is 29.7 Å². The predicted molar refractivity (Wildman–Crippen MR) is 62.4 cm³/mol. The van der Waals surface area contributed by atoms with E-state index in [9.17, 15) is 5.11 Å². The summed E-state index contributed by atoms with van der Waals surface area (Å²) < 4.78 is 0. The van der Waals surface area contributed by atoms with Crippen LogP contribution in [-0.4, -0.2) is 29.2 Å². The Kier molecular flexibility index (Phi) is 3.52. The molecule has 0 amide bonds. The van der Waals surface area contributed by atoms with E-state index in [0.717, 1.165) is 31.6 Å². The SMILES string of the molecule is OC1CCN(Cc2cc(Cl)cc(Cl)c2)C1. The lowest BCUT2D eigenvalue weighted by Crippen LogP contribution is -2.21. The summed E-state index contributed by atoms with van der Waals surface area (Å²) in [7, 11) is 0. The van der Waals surface area contributed by atoms with E-state index in [1.807, 2.05) is 12.1 Å². The van der Waals surface area contributed by atoms with Crippen molar-refractivity contribution in [2.24, 2.45) is 0 Å². The molecule has 1 unspecified atom stereocenters. The highest BCUT2D eigenvalue weighted by Gasteiger charge is 2.19. The summed E-state index contributed by atoms with van der Waals surface area (Å²) in [4.78, 5) is 2.20. The largest absolute Gasteiger partial charge is 0.392 e. The Bertz CT molecular complexity index is 336. The fourth-order valence-corrected chi connectivity index (χ4v) is 2.49. The van der Waals surface area contributed by atoms with Gasteiger partial charge in [-0.05, 0) is 30.2 Å². The van der Waals surface area contributed by atoms with Crippen molar-refractivity contribution in [1.29, 1.82) is 0 Å². The lowest BCUT2D eigenvalue weighted by Gasteiger charge is -2.15. The molecule has 1 aliphatic rings. The molecular weight excluding hydrogens is 233 g/mol. The summed E-state index contributed by atoms with van der Waals surface area (Å²) in [5.41, 5.74) is 1.10. The zero-order chi connectivity index (χ0) is 10.8. The average Bonchev–Trinajstić information content (AvgIpc) is 2.49. The van der Waals surface area contributed by atoms with Crippen molar-refractivity contribution >= 4 is 23.2 Å². The summed E-state index contributed by atoms with van der Waals surface area (Å²) >= 11 is 11.8. The zero-order valence-electron chi connectivity index (χ0n) is 8.29. The number of rotatable bonds is 2. The quantitative estimate of drug-likeness (QED) is 0.866. The maximum atomic E-state index is 9.39. The third kappa shape index (κ3) is 3.08. The van der Waals surface area contributed by atoms with Crippen LogP contribution < -0.4 is 0 Å². The first-order chi connectivity index (χ1) is 7.13. The molecule has 2 rings (SSSR count). The Labute approximate surface area is 99.4 Å². The van der Waals surface area contributed by atoms with Gasteiger partial charge >= 0.3 is 0 Å². The van der Waals surface area contributed by atoms with Gasteiger partial charge in [0.2, 0.25) is 0 Å². The van der Waals surface area contributed by atoms with Crippen molar-refractivity contribution in [1.82, 2.24) is 4.90 Å². The van der Waals surface area contributed by atoms with E-state index in [4.69, 9.17) is 23.2 Å². The van der Waals surface area contributed by atoms with Gasteiger partial charge in [-0.3, -0.25) is 4.90 Å². The Hall–Kier alpha value is -0.280. The van der Waals surface area contributed by atoms with Crippen molar-refractivity contribution in [2.75, 3.05) is 13.1 Å². The fourth-order valence-electron chi connectivity index (χ4n) is 1.92. The number of likely N-dealkylation sites (tertiary alicyclic amines) is 1. The van der Waals surface area contributed by atoms with Crippen LogP contribution in [0.15, 0.2) is 18.2 Å². The van der Waals surface area contributed by atoms with Crippen LogP contribution in [0.25, 0.3) is 0 Å². The van der Waals surface area contributed by atoms with Crippen LogP contribution in [0.4, 0.5) is 0 Å². The van der Waals surface area contributed by atoms with Crippen molar-refractivity contribution in [3.05, 3.63) is 33.8 Å². The second-order valence-corrected chi connectivity index (χ2v) is 4.83. The van der Waals surface area contributed by atoms with E-state index < -0.39 is 0 Å². The van der Waals surface area contributed by atoms with Crippen LogP contribution in [0.1, 0.15) is 12.0 Å². The average molecular weight is 246 g/mol. The maximum absolute atomic E-state index is 9.39. The van der Waals surface area contributed by atoms with Crippen molar-refractivity contribution < 1.29 is 5.11 Å². The van der Waals surface area contributed by atoms with Crippen molar-refractivity contribution in [3.63, 3.8) is 0 Å². The maximum Gasteiger partial charge on any atom is 0.0679 e. The molecule has 0 spiro atoms. The van der Waals surface area contributed by atoms with E-state index in [-0.39, 0.29) is 6.10 Å². The molecule has 0 aromatic heterocycles. The molecule has 2 nitrogen and oxygen atoms in total. The van der Waals surface area contributed by atoms with Crippen LogP contribution in [0, 0.1) is 0 Å². The predicted octanol–water partition coefficient (Wildman–Crippen LogP) is 2.56. The highest BCUT2D eigenvalue weighted by Crippen LogP contribution is 2.21. The number of halogens is 2. The monoisotopic (exact) mass is 245 g/mol. The number of aliphatic hydroxyl groups excluding tert-OH is 1. The first kappa shape index (κ1) is 11.2. The molecular formula is C11H13Cl2NO. The van der Waals surface area contributed by atoms with Crippen molar-refractivity contribution in [2.45, 2.75) is 19.1 Å². The van der Waals surface area contributed by atoms with Gasteiger partial charge in [-0.1, -0.05) is 23.2 Å². The molecule has 1 atom stereocenters. The van der Waals surface area contributed by atoms with Gasteiger partial charge in [0.05, 0.1) is 6.10 Å². The lowest BCUT2D eigenvalue weighted by molar-refractivity contribution is 0.175. The van der Waals surface area contributed by atoms with Crippen LogP contribution in [0.5, 0.6) is 0 Å². The Morgan fingerprint density at radius 1 is 1.27 bits per heavy atom. The number of aliphatic hydroxyl groups is 1. The molecule has 1 N–H and O–H groups in total. The number of hydrogen-bond acceptors (Lipinski definition) is 2.